The third kappa shape index (κ3) is 4.06. The zero-order valence-corrected chi connectivity index (χ0v) is 11.9. The number of carbonyl (C=O) groups excluding carboxylic acids is 1. The number of likely N-dealkylation sites (N-methyl/N-ethyl adjacent to an activating group) is 1. The average molecular weight is 249 g/mol. The summed E-state index contributed by atoms with van der Waals surface area (Å²) < 4.78 is 5.65. The maximum absolute atomic E-state index is 11.6. The average Bonchev–Trinajstić information content (AvgIpc) is 2.28. The monoisotopic (exact) mass is 249 g/mol. The first-order chi connectivity index (χ1) is 8.34. The lowest BCUT2D eigenvalue weighted by Crippen LogP contribution is -2.36. The minimum absolute atomic E-state index is 0.0777. The smallest absolute Gasteiger partial charge is 0.260 e. The number of ether oxygens (including phenoxy) is 1. The topological polar surface area (TPSA) is 38.3 Å². The molecule has 0 heterocycles. The molecule has 0 aliphatic carbocycles. The first-order valence-corrected chi connectivity index (χ1v) is 6.39. The Hall–Kier alpha value is -1.51. The van der Waals surface area contributed by atoms with Gasteiger partial charge < -0.3 is 10.1 Å². The second-order valence-corrected chi connectivity index (χ2v) is 5.43. The van der Waals surface area contributed by atoms with E-state index in [0.717, 1.165) is 5.75 Å². The quantitative estimate of drug-likeness (QED) is 0.891. The van der Waals surface area contributed by atoms with Gasteiger partial charge in [-0.3, -0.25) is 4.79 Å². The second-order valence-electron chi connectivity index (χ2n) is 5.43. The molecule has 0 aliphatic rings. The number of hydrogen-bond donors (Lipinski definition) is 1. The molecule has 1 N–H and O–H groups in total. The fourth-order valence-corrected chi connectivity index (χ4v) is 1.61. The zero-order chi connectivity index (χ0) is 13.8. The second kappa shape index (κ2) is 5.89. The van der Waals surface area contributed by atoms with Gasteiger partial charge in [0.2, 0.25) is 0 Å². The van der Waals surface area contributed by atoms with Crippen LogP contribution in [0.25, 0.3) is 0 Å². The van der Waals surface area contributed by atoms with Crippen molar-refractivity contribution in [2.24, 2.45) is 0 Å². The molecule has 3 heteroatoms. The molecule has 0 bridgehead atoms. The number of nitrogens with one attached hydrogen (secondary N) is 1. The summed E-state index contributed by atoms with van der Waals surface area (Å²) in [5.74, 6) is 0.653. The highest BCUT2D eigenvalue weighted by Gasteiger charge is 2.16. The van der Waals surface area contributed by atoms with E-state index in [0.29, 0.717) is 6.54 Å². The standard InChI is InChI=1S/C15H23NO2/c1-6-16-14(17)11(2)18-13-9-7-8-12(10-13)15(3,4)5/h7-11H,6H2,1-5H3,(H,16,17). The van der Waals surface area contributed by atoms with Gasteiger partial charge in [-0.05, 0) is 37.0 Å². The van der Waals surface area contributed by atoms with Crippen molar-refractivity contribution in [2.75, 3.05) is 6.54 Å². The summed E-state index contributed by atoms with van der Waals surface area (Å²) in [7, 11) is 0. The van der Waals surface area contributed by atoms with Crippen LogP contribution < -0.4 is 10.1 Å². The van der Waals surface area contributed by atoms with Crippen molar-refractivity contribution < 1.29 is 9.53 Å². The van der Waals surface area contributed by atoms with E-state index in [1.165, 1.54) is 5.56 Å². The third-order valence-electron chi connectivity index (χ3n) is 2.73. The van der Waals surface area contributed by atoms with Gasteiger partial charge in [0.15, 0.2) is 6.10 Å². The van der Waals surface area contributed by atoms with Crippen LogP contribution in [0.2, 0.25) is 0 Å². The molecule has 100 valence electrons. The Morgan fingerprint density at radius 3 is 2.61 bits per heavy atom. The molecule has 1 aromatic carbocycles. The molecule has 0 spiro atoms. The summed E-state index contributed by atoms with van der Waals surface area (Å²) in [6.45, 7) is 10.7. The van der Waals surface area contributed by atoms with E-state index in [1.54, 1.807) is 6.92 Å². The van der Waals surface area contributed by atoms with Gasteiger partial charge in [-0.25, -0.2) is 0 Å². The van der Waals surface area contributed by atoms with Crippen LogP contribution in [0, 0.1) is 0 Å². The highest BCUT2D eigenvalue weighted by atomic mass is 16.5. The molecule has 1 aromatic rings. The molecule has 0 aromatic heterocycles. The number of hydrogen-bond acceptors (Lipinski definition) is 2. The Morgan fingerprint density at radius 2 is 2.06 bits per heavy atom. The van der Waals surface area contributed by atoms with Gasteiger partial charge in [-0.15, -0.1) is 0 Å². The van der Waals surface area contributed by atoms with E-state index in [4.69, 9.17) is 4.74 Å². The van der Waals surface area contributed by atoms with Crippen molar-refractivity contribution in [3.8, 4) is 5.75 Å². The SMILES string of the molecule is CCNC(=O)C(C)Oc1cccc(C(C)(C)C)c1. The van der Waals surface area contributed by atoms with Gasteiger partial charge in [0.05, 0.1) is 0 Å². The number of amides is 1. The lowest BCUT2D eigenvalue weighted by molar-refractivity contribution is -0.127. The van der Waals surface area contributed by atoms with E-state index >= 15 is 0 Å². The Morgan fingerprint density at radius 1 is 1.39 bits per heavy atom. The predicted molar refractivity (Wildman–Crippen MR) is 73.9 cm³/mol. The first kappa shape index (κ1) is 14.6. The molecule has 1 rings (SSSR count). The van der Waals surface area contributed by atoms with Crippen LogP contribution in [0.5, 0.6) is 5.75 Å². The lowest BCUT2D eigenvalue weighted by atomic mass is 9.87. The van der Waals surface area contributed by atoms with E-state index in [1.807, 2.05) is 25.1 Å². The zero-order valence-electron chi connectivity index (χ0n) is 11.9. The molecule has 1 amide bonds. The van der Waals surface area contributed by atoms with Crippen LogP contribution in [-0.2, 0) is 10.2 Å². The van der Waals surface area contributed by atoms with Gasteiger partial charge in [-0.1, -0.05) is 32.9 Å². The molecule has 0 fully saturated rings. The normalized spacial score (nSPS) is 12.9. The predicted octanol–water partition coefficient (Wildman–Crippen LogP) is 2.89. The summed E-state index contributed by atoms with van der Waals surface area (Å²) in [5, 5.41) is 2.75. The van der Waals surface area contributed by atoms with Gasteiger partial charge in [0.25, 0.3) is 5.91 Å². The van der Waals surface area contributed by atoms with Gasteiger partial charge in [0, 0.05) is 6.54 Å². The van der Waals surface area contributed by atoms with Crippen LogP contribution in [0.1, 0.15) is 40.2 Å². The van der Waals surface area contributed by atoms with E-state index in [2.05, 4.69) is 32.2 Å². The molecule has 0 saturated carbocycles. The number of benzene rings is 1. The highest BCUT2D eigenvalue weighted by Crippen LogP contribution is 2.25. The van der Waals surface area contributed by atoms with Crippen LogP contribution in [0.3, 0.4) is 0 Å². The molecule has 3 nitrogen and oxygen atoms in total. The van der Waals surface area contributed by atoms with Crippen molar-refractivity contribution in [3.05, 3.63) is 29.8 Å². The maximum Gasteiger partial charge on any atom is 0.260 e. The Labute approximate surface area is 110 Å². The summed E-state index contributed by atoms with van der Waals surface area (Å²) in [5.41, 5.74) is 1.27. The molecule has 18 heavy (non-hydrogen) atoms. The minimum atomic E-state index is -0.472. The van der Waals surface area contributed by atoms with E-state index in [-0.39, 0.29) is 11.3 Å². The van der Waals surface area contributed by atoms with Crippen molar-refractivity contribution in [3.63, 3.8) is 0 Å². The van der Waals surface area contributed by atoms with Crippen LogP contribution >= 0.6 is 0 Å². The molecular weight excluding hydrogens is 226 g/mol. The van der Waals surface area contributed by atoms with E-state index < -0.39 is 6.10 Å². The fourth-order valence-electron chi connectivity index (χ4n) is 1.61. The summed E-state index contributed by atoms with van der Waals surface area (Å²) in [6.07, 6.45) is -0.472. The summed E-state index contributed by atoms with van der Waals surface area (Å²) in [4.78, 5) is 11.6. The molecule has 0 saturated heterocycles. The van der Waals surface area contributed by atoms with Crippen LogP contribution in [0.15, 0.2) is 24.3 Å². The van der Waals surface area contributed by atoms with Gasteiger partial charge in [-0.2, -0.15) is 0 Å². The largest absolute Gasteiger partial charge is 0.481 e. The van der Waals surface area contributed by atoms with Gasteiger partial charge in [0.1, 0.15) is 5.75 Å². The molecule has 0 aliphatic heterocycles. The first-order valence-electron chi connectivity index (χ1n) is 6.39. The molecular formula is C15H23NO2. The van der Waals surface area contributed by atoms with E-state index in [9.17, 15) is 4.79 Å². The Bertz CT molecular complexity index is 407. The highest BCUT2D eigenvalue weighted by molar-refractivity contribution is 5.80. The third-order valence-corrected chi connectivity index (χ3v) is 2.73. The number of rotatable bonds is 4. The van der Waals surface area contributed by atoms with Crippen LogP contribution in [0.4, 0.5) is 0 Å². The van der Waals surface area contributed by atoms with Crippen molar-refractivity contribution >= 4 is 5.91 Å². The number of carbonyl (C=O) groups is 1. The molecule has 0 radical (unpaired) electrons. The van der Waals surface area contributed by atoms with Crippen LogP contribution in [-0.4, -0.2) is 18.6 Å². The molecule has 1 unspecified atom stereocenters. The van der Waals surface area contributed by atoms with Crippen molar-refractivity contribution in [1.29, 1.82) is 0 Å². The van der Waals surface area contributed by atoms with Gasteiger partial charge >= 0.3 is 0 Å². The fraction of sp³-hybridized carbons (Fsp3) is 0.533. The minimum Gasteiger partial charge on any atom is -0.481 e. The van der Waals surface area contributed by atoms with Crippen molar-refractivity contribution in [2.45, 2.75) is 46.1 Å². The molecule has 1 atom stereocenters. The Kier molecular flexibility index (Phi) is 4.76. The Balaban J connectivity index is 2.76. The summed E-state index contributed by atoms with van der Waals surface area (Å²) in [6, 6.07) is 7.91. The maximum atomic E-state index is 11.6. The summed E-state index contributed by atoms with van der Waals surface area (Å²) >= 11 is 0. The lowest BCUT2D eigenvalue weighted by Gasteiger charge is -2.21. The van der Waals surface area contributed by atoms with Crippen molar-refractivity contribution in [1.82, 2.24) is 5.32 Å².